The minimum Gasteiger partial charge on any atom is -0.496 e. The van der Waals surface area contributed by atoms with Crippen LogP contribution in [0.25, 0.3) is 0 Å². The summed E-state index contributed by atoms with van der Waals surface area (Å²) in [7, 11) is 1.70. The van der Waals surface area contributed by atoms with Crippen LogP contribution in [-0.2, 0) is 6.42 Å². The first-order valence-electron chi connectivity index (χ1n) is 6.61. The number of hydrogen-bond acceptors (Lipinski definition) is 2. The number of halogens is 1. The van der Waals surface area contributed by atoms with E-state index < -0.39 is 0 Å². The van der Waals surface area contributed by atoms with E-state index >= 15 is 0 Å². The minimum atomic E-state index is 0.672. The van der Waals surface area contributed by atoms with Crippen LogP contribution in [0.15, 0.2) is 22.7 Å². The Bertz CT molecular complexity index is 366. The third kappa shape index (κ3) is 4.62. The molecule has 0 aromatic heterocycles. The second kappa shape index (κ2) is 7.80. The molecule has 0 aliphatic rings. The van der Waals surface area contributed by atoms with Crippen LogP contribution < -0.4 is 10.1 Å². The van der Waals surface area contributed by atoms with Crippen LogP contribution in [0.1, 0.15) is 26.3 Å². The van der Waals surface area contributed by atoms with E-state index in [1.54, 1.807) is 7.11 Å². The first-order valence-corrected chi connectivity index (χ1v) is 7.40. The predicted molar refractivity (Wildman–Crippen MR) is 81.3 cm³/mol. The topological polar surface area (TPSA) is 21.3 Å². The molecular formula is C15H24BrNO. The molecule has 0 radical (unpaired) electrons. The smallest absolute Gasteiger partial charge is 0.133 e. The second-order valence-corrected chi connectivity index (χ2v) is 5.84. The van der Waals surface area contributed by atoms with E-state index in [9.17, 15) is 0 Å². The fourth-order valence-electron chi connectivity index (χ4n) is 2.01. The Labute approximate surface area is 119 Å². The largest absolute Gasteiger partial charge is 0.496 e. The number of methoxy groups -OCH3 is 1. The third-order valence-electron chi connectivity index (χ3n) is 3.31. The summed E-state index contributed by atoms with van der Waals surface area (Å²) in [5.41, 5.74) is 1.36. The van der Waals surface area contributed by atoms with Crippen molar-refractivity contribution >= 4 is 15.9 Å². The molecule has 0 fully saturated rings. The number of rotatable bonds is 7. The lowest BCUT2D eigenvalue weighted by atomic mass is 9.89. The lowest BCUT2D eigenvalue weighted by molar-refractivity contribution is 0.363. The first kappa shape index (κ1) is 15.5. The number of hydrogen-bond donors (Lipinski definition) is 1. The molecule has 1 N–H and O–H groups in total. The number of nitrogens with one attached hydrogen (secondary N) is 1. The summed E-state index contributed by atoms with van der Waals surface area (Å²) < 4.78 is 6.29. The van der Waals surface area contributed by atoms with Gasteiger partial charge >= 0.3 is 0 Å². The molecule has 0 spiro atoms. The summed E-state index contributed by atoms with van der Waals surface area (Å²) in [4.78, 5) is 0. The molecule has 102 valence electrons. The molecule has 0 amide bonds. The van der Waals surface area contributed by atoms with E-state index in [0.717, 1.165) is 29.7 Å². The van der Waals surface area contributed by atoms with Crippen molar-refractivity contribution in [3.63, 3.8) is 0 Å². The van der Waals surface area contributed by atoms with E-state index in [4.69, 9.17) is 4.74 Å². The van der Waals surface area contributed by atoms with Crippen molar-refractivity contribution in [3.8, 4) is 5.75 Å². The van der Waals surface area contributed by atoms with Crippen LogP contribution in [0.4, 0.5) is 0 Å². The Kier molecular flexibility index (Phi) is 6.72. The van der Waals surface area contributed by atoms with Gasteiger partial charge in [-0.25, -0.2) is 0 Å². The molecule has 0 heterocycles. The van der Waals surface area contributed by atoms with Gasteiger partial charge in [-0.1, -0.05) is 26.8 Å². The van der Waals surface area contributed by atoms with Gasteiger partial charge in [-0.3, -0.25) is 0 Å². The molecule has 0 saturated carbocycles. The molecule has 1 unspecified atom stereocenters. The van der Waals surface area contributed by atoms with Gasteiger partial charge < -0.3 is 10.1 Å². The van der Waals surface area contributed by atoms with Gasteiger partial charge in [0.05, 0.1) is 11.6 Å². The van der Waals surface area contributed by atoms with Gasteiger partial charge in [-0.2, -0.15) is 0 Å². The van der Waals surface area contributed by atoms with Gasteiger partial charge in [0.25, 0.3) is 0 Å². The van der Waals surface area contributed by atoms with Crippen molar-refractivity contribution in [1.82, 2.24) is 5.32 Å². The number of ether oxygens (including phenoxy) is 1. The molecule has 3 heteroatoms. The molecule has 1 aromatic rings. The van der Waals surface area contributed by atoms with Crippen molar-refractivity contribution in [1.29, 1.82) is 0 Å². The Morgan fingerprint density at radius 2 is 2.06 bits per heavy atom. The average Bonchev–Trinajstić information content (AvgIpc) is 2.34. The van der Waals surface area contributed by atoms with Crippen molar-refractivity contribution in [2.75, 3.05) is 20.2 Å². The summed E-state index contributed by atoms with van der Waals surface area (Å²) in [5, 5.41) is 3.45. The van der Waals surface area contributed by atoms with Crippen LogP contribution in [0.3, 0.4) is 0 Å². The van der Waals surface area contributed by atoms with Gasteiger partial charge in [-0.15, -0.1) is 0 Å². The van der Waals surface area contributed by atoms with Crippen molar-refractivity contribution in [2.45, 2.75) is 27.2 Å². The molecule has 0 aliphatic heterocycles. The van der Waals surface area contributed by atoms with Crippen LogP contribution in [0.2, 0.25) is 0 Å². The SMILES string of the molecule is CCNCC(Cc1ccc(OC)c(Br)c1)C(C)C. The highest BCUT2D eigenvalue weighted by atomic mass is 79.9. The fraction of sp³-hybridized carbons (Fsp3) is 0.600. The van der Waals surface area contributed by atoms with E-state index in [2.05, 4.69) is 54.2 Å². The van der Waals surface area contributed by atoms with Gasteiger partial charge in [0.1, 0.15) is 5.75 Å². The Morgan fingerprint density at radius 1 is 1.33 bits per heavy atom. The second-order valence-electron chi connectivity index (χ2n) is 4.98. The van der Waals surface area contributed by atoms with E-state index in [1.165, 1.54) is 5.56 Å². The third-order valence-corrected chi connectivity index (χ3v) is 3.93. The average molecular weight is 314 g/mol. The first-order chi connectivity index (χ1) is 8.58. The summed E-state index contributed by atoms with van der Waals surface area (Å²) >= 11 is 3.55. The monoisotopic (exact) mass is 313 g/mol. The quantitative estimate of drug-likeness (QED) is 0.824. The maximum absolute atomic E-state index is 5.26. The van der Waals surface area contributed by atoms with E-state index in [0.29, 0.717) is 11.8 Å². The van der Waals surface area contributed by atoms with Crippen molar-refractivity contribution in [2.24, 2.45) is 11.8 Å². The molecule has 0 aliphatic carbocycles. The Hall–Kier alpha value is -0.540. The van der Waals surface area contributed by atoms with E-state index in [-0.39, 0.29) is 0 Å². The van der Waals surface area contributed by atoms with Crippen LogP contribution >= 0.6 is 15.9 Å². The van der Waals surface area contributed by atoms with Crippen LogP contribution in [0, 0.1) is 11.8 Å². The van der Waals surface area contributed by atoms with Crippen molar-refractivity contribution < 1.29 is 4.74 Å². The van der Waals surface area contributed by atoms with Gasteiger partial charge in [0, 0.05) is 0 Å². The van der Waals surface area contributed by atoms with Crippen LogP contribution in [-0.4, -0.2) is 20.2 Å². The normalized spacial score (nSPS) is 12.8. The predicted octanol–water partition coefficient (Wildman–Crippen LogP) is 3.88. The maximum Gasteiger partial charge on any atom is 0.133 e. The van der Waals surface area contributed by atoms with Gasteiger partial charge in [-0.05, 0) is 65.0 Å². The standard InChI is InChI=1S/C15H24BrNO/c1-5-17-10-13(11(2)3)8-12-6-7-15(18-4)14(16)9-12/h6-7,9,11,13,17H,5,8,10H2,1-4H3. The highest BCUT2D eigenvalue weighted by Gasteiger charge is 2.14. The highest BCUT2D eigenvalue weighted by Crippen LogP contribution is 2.27. The van der Waals surface area contributed by atoms with Gasteiger partial charge in [0.15, 0.2) is 0 Å². The van der Waals surface area contributed by atoms with Gasteiger partial charge in [0.2, 0.25) is 0 Å². The van der Waals surface area contributed by atoms with Crippen molar-refractivity contribution in [3.05, 3.63) is 28.2 Å². The minimum absolute atomic E-state index is 0.672. The number of benzene rings is 1. The Morgan fingerprint density at radius 3 is 2.56 bits per heavy atom. The Balaban J connectivity index is 2.71. The molecular weight excluding hydrogens is 290 g/mol. The fourth-order valence-corrected chi connectivity index (χ4v) is 2.60. The summed E-state index contributed by atoms with van der Waals surface area (Å²) in [6, 6.07) is 6.36. The zero-order chi connectivity index (χ0) is 13.5. The zero-order valence-corrected chi connectivity index (χ0v) is 13.4. The molecule has 1 aromatic carbocycles. The summed E-state index contributed by atoms with van der Waals surface area (Å²) in [6.45, 7) is 8.86. The van der Waals surface area contributed by atoms with E-state index in [1.807, 2.05) is 6.07 Å². The molecule has 1 rings (SSSR count). The molecule has 0 saturated heterocycles. The highest BCUT2D eigenvalue weighted by molar-refractivity contribution is 9.10. The molecule has 18 heavy (non-hydrogen) atoms. The maximum atomic E-state index is 5.26. The molecule has 2 nitrogen and oxygen atoms in total. The molecule has 1 atom stereocenters. The lowest BCUT2D eigenvalue weighted by Crippen LogP contribution is -2.27. The summed E-state index contributed by atoms with van der Waals surface area (Å²) in [5.74, 6) is 2.25. The molecule has 0 bridgehead atoms. The zero-order valence-electron chi connectivity index (χ0n) is 11.8. The summed E-state index contributed by atoms with van der Waals surface area (Å²) in [6.07, 6.45) is 1.10. The lowest BCUT2D eigenvalue weighted by Gasteiger charge is -2.21. The van der Waals surface area contributed by atoms with Crippen LogP contribution in [0.5, 0.6) is 5.75 Å².